The Morgan fingerprint density at radius 2 is 1.97 bits per heavy atom. The van der Waals surface area contributed by atoms with Crippen molar-refractivity contribution in [3.05, 3.63) is 78.1 Å². The van der Waals surface area contributed by atoms with E-state index in [1.165, 1.54) is 6.07 Å². The van der Waals surface area contributed by atoms with Crippen LogP contribution in [0.4, 0.5) is 0 Å². The minimum atomic E-state index is -3.63. The molecule has 1 unspecified atom stereocenters. The predicted octanol–water partition coefficient (Wildman–Crippen LogP) is 3.37. The largest absolute Gasteiger partial charge is 0.348 e. The number of nitrogens with zero attached hydrogens (tertiary/aromatic N) is 3. The first-order valence-corrected chi connectivity index (χ1v) is 11.9. The highest BCUT2D eigenvalue weighted by Gasteiger charge is 2.31. The molecule has 2 heterocycles. The Hall–Kier alpha value is -2.97. The van der Waals surface area contributed by atoms with Gasteiger partial charge in [0, 0.05) is 37.1 Å². The molecule has 1 N–H and O–H groups in total. The number of aromatic nitrogens is 2. The Kier molecular flexibility index (Phi) is 6.20. The molecule has 0 spiro atoms. The summed E-state index contributed by atoms with van der Waals surface area (Å²) in [5, 5.41) is 7.15. The molecule has 1 atom stereocenters. The van der Waals surface area contributed by atoms with E-state index in [0.717, 1.165) is 30.5 Å². The van der Waals surface area contributed by atoms with Gasteiger partial charge in [0.1, 0.15) is 0 Å². The van der Waals surface area contributed by atoms with Gasteiger partial charge in [-0.3, -0.25) is 4.79 Å². The Morgan fingerprint density at radius 3 is 2.74 bits per heavy atom. The number of sulfonamides is 1. The van der Waals surface area contributed by atoms with Gasteiger partial charge in [0.05, 0.1) is 10.6 Å². The summed E-state index contributed by atoms with van der Waals surface area (Å²) in [5.74, 6) is -0.320. The van der Waals surface area contributed by atoms with E-state index in [0.29, 0.717) is 18.7 Å². The number of amides is 1. The summed E-state index contributed by atoms with van der Waals surface area (Å²) in [6.07, 6.45) is 6.30. The van der Waals surface area contributed by atoms with Gasteiger partial charge in [-0.05, 0) is 55.7 Å². The van der Waals surface area contributed by atoms with Crippen LogP contribution < -0.4 is 5.32 Å². The normalized spacial score (nSPS) is 17.4. The van der Waals surface area contributed by atoms with Crippen molar-refractivity contribution in [1.82, 2.24) is 19.4 Å². The fourth-order valence-corrected chi connectivity index (χ4v) is 5.68. The van der Waals surface area contributed by atoms with Crippen molar-refractivity contribution >= 4 is 15.9 Å². The number of hydrogen-bond donors (Lipinski definition) is 1. The molecule has 1 aliphatic heterocycles. The molecule has 1 aromatic heterocycles. The summed E-state index contributed by atoms with van der Waals surface area (Å²) in [6.45, 7) is 2.75. The Balaban J connectivity index is 1.51. The SMILES string of the molecule is CC1CCCCN1S(=O)(=O)c1cccc(C(=O)NCc2ccccc2-n2cccn2)c1. The van der Waals surface area contributed by atoms with Crippen molar-refractivity contribution in [3.8, 4) is 5.69 Å². The number of benzene rings is 2. The van der Waals surface area contributed by atoms with Crippen molar-refractivity contribution in [2.75, 3.05) is 6.54 Å². The molecule has 1 fully saturated rings. The van der Waals surface area contributed by atoms with Crippen molar-refractivity contribution < 1.29 is 13.2 Å². The molecule has 2 aromatic carbocycles. The topological polar surface area (TPSA) is 84.3 Å². The van der Waals surface area contributed by atoms with Gasteiger partial charge < -0.3 is 5.32 Å². The number of hydrogen-bond acceptors (Lipinski definition) is 4. The zero-order valence-electron chi connectivity index (χ0n) is 17.4. The van der Waals surface area contributed by atoms with Gasteiger partial charge in [0.15, 0.2) is 0 Å². The number of nitrogens with one attached hydrogen (secondary N) is 1. The van der Waals surface area contributed by atoms with Gasteiger partial charge in [-0.15, -0.1) is 0 Å². The van der Waals surface area contributed by atoms with Crippen LogP contribution in [0.15, 0.2) is 71.9 Å². The lowest BCUT2D eigenvalue weighted by atomic mass is 10.1. The standard InChI is InChI=1S/C23H26N4O3S/c1-18-8-4-5-15-27(18)31(29,30)21-11-6-10-19(16-21)23(28)24-17-20-9-2-3-12-22(20)26-14-7-13-25-26/h2-3,6-7,9-14,16,18H,4-5,8,15,17H2,1H3,(H,24,28). The Labute approximate surface area is 182 Å². The van der Waals surface area contributed by atoms with E-state index in [9.17, 15) is 13.2 Å². The van der Waals surface area contributed by atoms with Crippen molar-refractivity contribution in [1.29, 1.82) is 0 Å². The van der Waals surface area contributed by atoms with Crippen LogP contribution in [0.25, 0.3) is 5.69 Å². The molecule has 8 heteroatoms. The number of carbonyl (C=O) groups excluding carboxylic acids is 1. The highest BCUT2D eigenvalue weighted by atomic mass is 32.2. The lowest BCUT2D eigenvalue weighted by molar-refractivity contribution is 0.0950. The molecule has 4 rings (SSSR count). The number of para-hydroxylation sites is 1. The van der Waals surface area contributed by atoms with Gasteiger partial charge in [-0.2, -0.15) is 9.40 Å². The fraction of sp³-hybridized carbons (Fsp3) is 0.304. The Bertz CT molecular complexity index is 1160. The molecular formula is C23H26N4O3S. The van der Waals surface area contributed by atoms with Crippen LogP contribution in [-0.2, 0) is 16.6 Å². The average Bonchev–Trinajstić information content (AvgIpc) is 3.33. The first-order valence-electron chi connectivity index (χ1n) is 10.4. The summed E-state index contributed by atoms with van der Waals surface area (Å²) < 4.78 is 29.5. The molecule has 1 amide bonds. The van der Waals surface area contributed by atoms with Crippen LogP contribution in [0, 0.1) is 0 Å². The average molecular weight is 439 g/mol. The van der Waals surface area contributed by atoms with Crippen LogP contribution in [0.5, 0.6) is 0 Å². The summed E-state index contributed by atoms with van der Waals surface area (Å²) in [6, 6.07) is 15.8. The smallest absolute Gasteiger partial charge is 0.251 e. The molecular weight excluding hydrogens is 412 g/mol. The summed E-state index contributed by atoms with van der Waals surface area (Å²) in [7, 11) is -3.63. The maximum atomic E-state index is 13.1. The number of rotatable bonds is 6. The highest BCUT2D eigenvalue weighted by Crippen LogP contribution is 2.25. The highest BCUT2D eigenvalue weighted by molar-refractivity contribution is 7.89. The van der Waals surface area contributed by atoms with Crippen LogP contribution in [0.2, 0.25) is 0 Å². The van der Waals surface area contributed by atoms with E-state index in [4.69, 9.17) is 0 Å². The van der Waals surface area contributed by atoms with Gasteiger partial charge >= 0.3 is 0 Å². The van der Waals surface area contributed by atoms with E-state index in [1.54, 1.807) is 33.4 Å². The molecule has 7 nitrogen and oxygen atoms in total. The Morgan fingerprint density at radius 1 is 1.13 bits per heavy atom. The third-order valence-electron chi connectivity index (χ3n) is 5.63. The second-order valence-electron chi connectivity index (χ2n) is 7.75. The van der Waals surface area contributed by atoms with Gasteiger partial charge in [0.2, 0.25) is 10.0 Å². The first kappa shape index (κ1) is 21.3. The van der Waals surface area contributed by atoms with E-state index in [1.807, 2.05) is 43.5 Å². The van der Waals surface area contributed by atoms with Gasteiger partial charge in [-0.1, -0.05) is 30.7 Å². The van der Waals surface area contributed by atoms with Crippen LogP contribution >= 0.6 is 0 Å². The molecule has 0 aliphatic carbocycles. The van der Waals surface area contributed by atoms with Gasteiger partial charge in [0.25, 0.3) is 5.91 Å². The van der Waals surface area contributed by atoms with E-state index < -0.39 is 10.0 Å². The fourth-order valence-electron chi connectivity index (χ4n) is 3.93. The van der Waals surface area contributed by atoms with Crippen LogP contribution in [-0.4, -0.2) is 41.0 Å². The monoisotopic (exact) mass is 438 g/mol. The molecule has 162 valence electrons. The second kappa shape index (κ2) is 9.03. The quantitative estimate of drug-likeness (QED) is 0.640. The zero-order chi connectivity index (χ0) is 21.8. The molecule has 1 aliphatic rings. The van der Waals surface area contributed by atoms with Gasteiger partial charge in [-0.25, -0.2) is 13.1 Å². The third kappa shape index (κ3) is 4.55. The lowest BCUT2D eigenvalue weighted by Gasteiger charge is -2.32. The minimum absolute atomic E-state index is 0.0324. The predicted molar refractivity (Wildman–Crippen MR) is 118 cm³/mol. The van der Waals surface area contributed by atoms with Crippen molar-refractivity contribution in [2.24, 2.45) is 0 Å². The lowest BCUT2D eigenvalue weighted by Crippen LogP contribution is -2.42. The summed E-state index contributed by atoms with van der Waals surface area (Å²) in [5.41, 5.74) is 2.11. The summed E-state index contributed by atoms with van der Waals surface area (Å²) >= 11 is 0. The van der Waals surface area contributed by atoms with E-state index in [-0.39, 0.29) is 16.8 Å². The van der Waals surface area contributed by atoms with Crippen LogP contribution in [0.3, 0.4) is 0 Å². The first-order chi connectivity index (χ1) is 15.0. The van der Waals surface area contributed by atoms with Crippen LogP contribution in [0.1, 0.15) is 42.1 Å². The summed E-state index contributed by atoms with van der Waals surface area (Å²) in [4.78, 5) is 13.0. The maximum Gasteiger partial charge on any atom is 0.251 e. The molecule has 1 saturated heterocycles. The van der Waals surface area contributed by atoms with Crippen molar-refractivity contribution in [2.45, 2.75) is 43.7 Å². The minimum Gasteiger partial charge on any atom is -0.348 e. The van der Waals surface area contributed by atoms with Crippen molar-refractivity contribution in [3.63, 3.8) is 0 Å². The third-order valence-corrected chi connectivity index (χ3v) is 7.64. The number of piperidine rings is 1. The van der Waals surface area contributed by atoms with E-state index in [2.05, 4.69) is 10.4 Å². The molecule has 0 bridgehead atoms. The second-order valence-corrected chi connectivity index (χ2v) is 9.64. The zero-order valence-corrected chi connectivity index (χ0v) is 18.3. The molecule has 0 saturated carbocycles. The molecule has 31 heavy (non-hydrogen) atoms. The van der Waals surface area contributed by atoms with E-state index >= 15 is 0 Å². The molecule has 3 aromatic rings. The molecule has 0 radical (unpaired) electrons. The maximum absolute atomic E-state index is 13.1. The number of carbonyl (C=O) groups is 1.